The van der Waals surface area contributed by atoms with Gasteiger partial charge in [-0.15, -0.1) is 0 Å². The Balaban J connectivity index is 1.01. The minimum atomic E-state index is -0.566. The van der Waals surface area contributed by atoms with Crippen LogP contribution in [0.4, 0.5) is 9.18 Å². The zero-order valence-corrected chi connectivity index (χ0v) is 22.8. The van der Waals surface area contributed by atoms with Crippen LogP contribution in [-0.4, -0.2) is 75.3 Å². The maximum absolute atomic E-state index is 13.7. The molecule has 2 unspecified atom stereocenters. The number of piperidine rings is 1. The van der Waals surface area contributed by atoms with Crippen LogP contribution < -0.4 is 5.32 Å². The predicted molar refractivity (Wildman–Crippen MR) is 147 cm³/mol. The van der Waals surface area contributed by atoms with Crippen molar-refractivity contribution in [3.63, 3.8) is 0 Å². The van der Waals surface area contributed by atoms with Gasteiger partial charge in [0.15, 0.2) is 0 Å². The minimum Gasteiger partial charge on any atom is -0.336 e. The number of benzene rings is 2. The molecule has 212 valence electrons. The molecule has 41 heavy (non-hydrogen) atoms. The van der Waals surface area contributed by atoms with Crippen molar-refractivity contribution in [2.24, 2.45) is 0 Å². The topological polar surface area (TPSA) is 93.3 Å². The fraction of sp³-hybridized carbons (Fsp3) is 0.419. The van der Waals surface area contributed by atoms with Crippen LogP contribution >= 0.6 is 0 Å². The van der Waals surface area contributed by atoms with Crippen LogP contribution in [0.3, 0.4) is 0 Å². The predicted octanol–water partition coefficient (Wildman–Crippen LogP) is 3.45. The summed E-state index contributed by atoms with van der Waals surface area (Å²) in [5, 5.41) is 5.01. The molecule has 2 atom stereocenters. The molecule has 0 spiro atoms. The van der Waals surface area contributed by atoms with Crippen molar-refractivity contribution < 1.29 is 23.6 Å². The van der Waals surface area contributed by atoms with E-state index in [4.69, 9.17) is 0 Å². The van der Waals surface area contributed by atoms with Gasteiger partial charge in [-0.25, -0.2) is 19.2 Å². The molecule has 2 bridgehead atoms. The number of hydrazine groups is 1. The van der Waals surface area contributed by atoms with Gasteiger partial charge in [0.25, 0.3) is 5.91 Å². The average molecular weight is 558 g/mol. The number of allylic oxidation sites excluding steroid dienone is 1. The van der Waals surface area contributed by atoms with Gasteiger partial charge in [0.1, 0.15) is 5.82 Å². The van der Waals surface area contributed by atoms with Gasteiger partial charge in [-0.1, -0.05) is 24.3 Å². The van der Waals surface area contributed by atoms with Gasteiger partial charge < -0.3 is 4.90 Å². The van der Waals surface area contributed by atoms with Crippen molar-refractivity contribution in [2.75, 3.05) is 19.6 Å². The third-order valence-electron chi connectivity index (χ3n) is 9.19. The lowest BCUT2D eigenvalue weighted by Gasteiger charge is -2.56. The molecule has 4 fully saturated rings. The smallest absolute Gasteiger partial charge is 0.336 e. The number of halogens is 1. The molecule has 2 aromatic rings. The van der Waals surface area contributed by atoms with Crippen LogP contribution in [0.5, 0.6) is 0 Å². The van der Waals surface area contributed by atoms with Crippen molar-refractivity contribution in [2.45, 2.75) is 63.7 Å². The molecule has 6 aliphatic rings. The first-order valence-electron chi connectivity index (χ1n) is 14.4. The first-order chi connectivity index (χ1) is 19.9. The standard InChI is InChI=1S/C31H32FN5O4/c32-22-8-6-20(7-9-22)25-3-1-2-4-27(25)29(39)34-17-23-14-24(18-34)35(23)15-19-5-10-26-21(13-19)16-37(30(26)40)36-12-11-28(38)33-31(36)41/h5-10,13,23-24H,1-4,11-12,14-18H2,(H,33,38,41). The number of urea groups is 1. The van der Waals surface area contributed by atoms with Crippen LogP contribution in [0.15, 0.2) is 48.0 Å². The lowest BCUT2D eigenvalue weighted by atomic mass is 9.83. The SMILES string of the molecule is O=C1CCN(N2Cc3cc(CN4C5CC4CN(C(=O)C4=C(c6ccc(F)cc6)CCCC4)C5)ccc3C2=O)C(=O)N1. The minimum absolute atomic E-state index is 0.123. The summed E-state index contributed by atoms with van der Waals surface area (Å²) in [6.45, 7) is 2.60. The molecule has 5 aliphatic heterocycles. The molecule has 5 heterocycles. The number of hydrogen-bond donors (Lipinski definition) is 1. The monoisotopic (exact) mass is 557 g/mol. The van der Waals surface area contributed by atoms with Crippen molar-refractivity contribution in [3.8, 4) is 0 Å². The Labute approximate surface area is 237 Å². The van der Waals surface area contributed by atoms with Gasteiger partial charge in [0.05, 0.1) is 13.1 Å². The number of imide groups is 1. The summed E-state index contributed by atoms with van der Waals surface area (Å²) >= 11 is 0. The van der Waals surface area contributed by atoms with Gasteiger partial charge in [-0.2, -0.15) is 0 Å². The fourth-order valence-corrected chi connectivity index (χ4v) is 7.06. The Morgan fingerprint density at radius 2 is 1.68 bits per heavy atom. The van der Waals surface area contributed by atoms with E-state index in [-0.39, 0.29) is 48.6 Å². The number of carbonyl (C=O) groups excluding carboxylic acids is 4. The molecule has 10 heteroatoms. The van der Waals surface area contributed by atoms with Gasteiger partial charge in [0, 0.05) is 49.3 Å². The van der Waals surface area contributed by atoms with E-state index in [1.807, 2.05) is 23.1 Å². The summed E-state index contributed by atoms with van der Waals surface area (Å²) in [6.07, 6.45) is 4.88. The number of rotatable bonds is 5. The highest BCUT2D eigenvalue weighted by atomic mass is 19.1. The molecule has 1 aliphatic carbocycles. The highest BCUT2D eigenvalue weighted by Gasteiger charge is 2.46. The van der Waals surface area contributed by atoms with Crippen LogP contribution in [-0.2, 0) is 22.7 Å². The normalized spacial score (nSPS) is 24.4. The maximum Gasteiger partial charge on any atom is 0.342 e. The quantitative estimate of drug-likeness (QED) is 0.608. The van der Waals surface area contributed by atoms with Crippen molar-refractivity contribution in [1.82, 2.24) is 25.1 Å². The van der Waals surface area contributed by atoms with Gasteiger partial charge in [0.2, 0.25) is 11.8 Å². The highest BCUT2D eigenvalue weighted by molar-refractivity contribution is 6.02. The third-order valence-corrected chi connectivity index (χ3v) is 9.19. The second-order valence-corrected chi connectivity index (χ2v) is 11.7. The van der Waals surface area contributed by atoms with Crippen LogP contribution in [0.25, 0.3) is 5.57 Å². The number of fused-ring (bicyclic) bond motifs is 3. The highest BCUT2D eigenvalue weighted by Crippen LogP contribution is 2.38. The summed E-state index contributed by atoms with van der Waals surface area (Å²) in [5.41, 5.74) is 5.44. The summed E-state index contributed by atoms with van der Waals surface area (Å²) < 4.78 is 13.5. The van der Waals surface area contributed by atoms with Crippen molar-refractivity contribution in [1.29, 1.82) is 0 Å². The van der Waals surface area contributed by atoms with Gasteiger partial charge >= 0.3 is 6.03 Å². The number of nitrogens with zero attached hydrogens (tertiary/aromatic N) is 4. The molecular formula is C31H32FN5O4. The number of piperazine rings is 1. The molecule has 8 rings (SSSR count). The molecule has 5 amide bonds. The largest absolute Gasteiger partial charge is 0.342 e. The molecule has 0 aromatic heterocycles. The molecule has 4 saturated heterocycles. The van der Waals surface area contributed by atoms with Crippen LogP contribution in [0.2, 0.25) is 0 Å². The van der Waals surface area contributed by atoms with Crippen LogP contribution in [0, 0.1) is 5.82 Å². The van der Waals surface area contributed by atoms with E-state index in [9.17, 15) is 23.6 Å². The van der Waals surface area contributed by atoms with E-state index in [2.05, 4.69) is 10.2 Å². The number of hydrogen-bond acceptors (Lipinski definition) is 5. The lowest BCUT2D eigenvalue weighted by Crippen LogP contribution is -2.69. The van der Waals surface area contributed by atoms with Crippen molar-refractivity contribution in [3.05, 3.63) is 76.1 Å². The maximum atomic E-state index is 13.7. The zero-order valence-electron chi connectivity index (χ0n) is 22.8. The Kier molecular flexibility index (Phi) is 6.37. The second kappa shape index (κ2) is 10.1. The molecule has 0 radical (unpaired) electrons. The molecule has 0 saturated carbocycles. The van der Waals surface area contributed by atoms with E-state index >= 15 is 0 Å². The fourth-order valence-electron chi connectivity index (χ4n) is 7.06. The number of carbonyl (C=O) groups is 4. The van der Waals surface area contributed by atoms with Crippen LogP contribution in [0.1, 0.15) is 65.6 Å². The Bertz CT molecular complexity index is 1480. The third kappa shape index (κ3) is 4.60. The molecular weight excluding hydrogens is 525 g/mol. The van der Waals surface area contributed by atoms with Crippen molar-refractivity contribution >= 4 is 29.3 Å². The molecule has 1 N–H and O–H groups in total. The Hall–Kier alpha value is -4.05. The first-order valence-corrected chi connectivity index (χ1v) is 14.4. The van der Waals surface area contributed by atoms with E-state index in [1.165, 1.54) is 22.2 Å². The summed E-state index contributed by atoms with van der Waals surface area (Å²) in [5.74, 6) is -0.712. The van der Waals surface area contributed by atoms with E-state index in [1.54, 1.807) is 12.1 Å². The summed E-state index contributed by atoms with van der Waals surface area (Å²) in [4.78, 5) is 54.9. The van der Waals surface area contributed by atoms with E-state index in [0.717, 1.165) is 66.5 Å². The molecule has 9 nitrogen and oxygen atoms in total. The number of amides is 5. The Morgan fingerprint density at radius 1 is 0.927 bits per heavy atom. The first kappa shape index (κ1) is 25.9. The molecule has 2 aromatic carbocycles. The Morgan fingerprint density at radius 3 is 2.44 bits per heavy atom. The van der Waals surface area contributed by atoms with E-state index < -0.39 is 6.03 Å². The lowest BCUT2D eigenvalue weighted by molar-refractivity contribution is -0.140. The zero-order chi connectivity index (χ0) is 28.2. The van der Waals surface area contributed by atoms with E-state index in [0.29, 0.717) is 25.2 Å². The summed E-state index contributed by atoms with van der Waals surface area (Å²) in [6, 6.07) is 12.3. The van der Waals surface area contributed by atoms with Gasteiger partial charge in [-0.3, -0.25) is 24.6 Å². The number of nitrogens with one attached hydrogen (secondary N) is 1. The summed E-state index contributed by atoms with van der Waals surface area (Å²) in [7, 11) is 0. The second-order valence-electron chi connectivity index (χ2n) is 11.7. The van der Waals surface area contributed by atoms with Gasteiger partial charge in [-0.05, 0) is 72.6 Å². The average Bonchev–Trinajstić information content (AvgIpc) is 3.31.